The quantitative estimate of drug-likeness (QED) is 0.140. The zero-order chi connectivity index (χ0) is 21.7. The molecule has 0 unspecified atom stereocenters. The summed E-state index contributed by atoms with van der Waals surface area (Å²) in [5.74, 6) is 0.653. The summed E-state index contributed by atoms with van der Waals surface area (Å²) >= 11 is 12.3. The maximum Gasteiger partial charge on any atom is 0.255 e. The number of nitrogens with one attached hydrogen (secondary N) is 2. The molecule has 7 nitrogen and oxygen atoms in total. The molecule has 0 aliphatic carbocycles. The second-order valence-electron chi connectivity index (χ2n) is 6.60. The van der Waals surface area contributed by atoms with Gasteiger partial charge in [0, 0.05) is 11.0 Å². The molecule has 1 amide bonds. The number of phenolic OH excluding ortho intramolecular Hbond substituents is 1. The number of hydrogen-bond acceptors (Lipinski definition) is 4. The zero-order valence-electron chi connectivity index (χ0n) is 15.8. The van der Waals surface area contributed by atoms with Crippen molar-refractivity contribution in [2.45, 2.75) is 18.9 Å². The van der Waals surface area contributed by atoms with Gasteiger partial charge in [-0.3, -0.25) is 9.79 Å². The highest BCUT2D eigenvalue weighted by Crippen LogP contribution is 2.32. The number of aliphatic imine (C=N–C) groups is 1. The van der Waals surface area contributed by atoms with Gasteiger partial charge in [0.1, 0.15) is 17.4 Å². The van der Waals surface area contributed by atoms with Crippen molar-refractivity contribution in [3.8, 4) is 5.75 Å². The number of amidine groups is 1. The summed E-state index contributed by atoms with van der Waals surface area (Å²) in [4.78, 5) is 25.0. The highest BCUT2D eigenvalue weighted by Gasteiger charge is 2.22. The van der Waals surface area contributed by atoms with Crippen molar-refractivity contribution in [1.82, 2.24) is 15.3 Å². The van der Waals surface area contributed by atoms with Crippen LogP contribution in [0.2, 0.25) is 0 Å². The smallest absolute Gasteiger partial charge is 0.255 e. The fourth-order valence-electron chi connectivity index (χ4n) is 2.95. The summed E-state index contributed by atoms with van der Waals surface area (Å²) in [5.41, 5.74) is 7.49. The number of aromatic amines is 1. The molecule has 3 rings (SSSR count). The van der Waals surface area contributed by atoms with Gasteiger partial charge in [-0.25, -0.2) is 4.98 Å². The van der Waals surface area contributed by atoms with Gasteiger partial charge in [-0.05, 0) is 53.0 Å². The van der Waals surface area contributed by atoms with Crippen LogP contribution in [0.1, 0.15) is 35.1 Å². The van der Waals surface area contributed by atoms with E-state index in [9.17, 15) is 9.90 Å². The fourth-order valence-corrected chi connectivity index (χ4v) is 4.26. The number of halogens is 3. The van der Waals surface area contributed by atoms with Crippen LogP contribution in [-0.4, -0.2) is 39.2 Å². The van der Waals surface area contributed by atoms with E-state index in [1.165, 1.54) is 0 Å². The lowest BCUT2D eigenvalue weighted by Gasteiger charge is -2.17. The Hall–Kier alpha value is -2.10. The summed E-state index contributed by atoms with van der Waals surface area (Å²) in [5, 5.41) is 13.3. The predicted molar refractivity (Wildman–Crippen MR) is 126 cm³/mol. The van der Waals surface area contributed by atoms with Gasteiger partial charge in [0.25, 0.3) is 5.91 Å². The molecule has 0 bridgehead atoms. The van der Waals surface area contributed by atoms with Crippen molar-refractivity contribution in [2.24, 2.45) is 10.7 Å². The van der Waals surface area contributed by atoms with Crippen LogP contribution >= 0.6 is 43.5 Å². The normalized spacial score (nSPS) is 12.8. The number of alkyl halides is 1. The van der Waals surface area contributed by atoms with E-state index >= 15 is 0 Å². The Morgan fingerprint density at radius 3 is 2.83 bits per heavy atom. The zero-order valence-corrected chi connectivity index (χ0v) is 19.8. The number of nitrogens with two attached hydrogens (primary N) is 1. The Labute approximate surface area is 195 Å². The second-order valence-corrected chi connectivity index (χ2v) is 8.64. The number of fused-ring (bicyclic) bond motifs is 1. The lowest BCUT2D eigenvalue weighted by atomic mass is 10.1. The maximum absolute atomic E-state index is 12.9. The molecule has 158 valence electrons. The number of nitrogens with zero attached hydrogens (tertiary/aromatic N) is 2. The second kappa shape index (κ2) is 10.3. The average Bonchev–Trinajstić information content (AvgIpc) is 3.16. The van der Waals surface area contributed by atoms with Gasteiger partial charge in [-0.1, -0.05) is 28.1 Å². The SMILES string of the molecule is NC(CCl)=NCCC[C@H](NC(=O)c1cc(Br)cc(Br)c1O)c1nc2ccccc2[nH]1. The molecular formula is C20H20Br2ClN5O2. The standard InChI is InChI=1S/C20H20Br2ClN5O2/c21-11-8-12(18(29)13(22)9-11)20(30)28-16(6-3-7-25-17(24)10-23)19-26-14-4-1-2-5-15(14)27-19/h1-2,4-5,8-9,16,29H,3,6-7,10H2,(H2,24,25)(H,26,27)(H,28,30)/t16-/m0/s1. The van der Waals surface area contributed by atoms with E-state index in [0.717, 1.165) is 11.0 Å². The summed E-state index contributed by atoms with van der Waals surface area (Å²) in [6, 6.07) is 10.5. The van der Waals surface area contributed by atoms with Gasteiger partial charge in [-0.2, -0.15) is 0 Å². The van der Waals surface area contributed by atoms with Gasteiger partial charge in [0.15, 0.2) is 0 Å². The molecule has 1 atom stereocenters. The van der Waals surface area contributed by atoms with E-state index in [2.05, 4.69) is 52.1 Å². The van der Waals surface area contributed by atoms with Crippen LogP contribution in [0, 0.1) is 0 Å². The number of para-hydroxylation sites is 2. The van der Waals surface area contributed by atoms with E-state index in [0.29, 0.717) is 40.0 Å². The molecule has 0 saturated heterocycles. The number of amides is 1. The molecule has 10 heteroatoms. The molecule has 0 saturated carbocycles. The number of carbonyl (C=O) groups excluding carboxylic acids is 1. The monoisotopic (exact) mass is 555 g/mol. The number of hydrogen-bond donors (Lipinski definition) is 4. The molecule has 1 heterocycles. The molecule has 0 aliphatic rings. The van der Waals surface area contributed by atoms with Gasteiger partial charge in [0.05, 0.1) is 33.0 Å². The third-order valence-corrected chi connectivity index (χ3v) is 5.75. The van der Waals surface area contributed by atoms with Crippen molar-refractivity contribution in [3.05, 3.63) is 56.7 Å². The number of imidazole rings is 1. The maximum atomic E-state index is 12.9. The molecule has 2 aromatic carbocycles. The molecular weight excluding hydrogens is 538 g/mol. The van der Waals surface area contributed by atoms with E-state index in [1.54, 1.807) is 12.1 Å². The fraction of sp³-hybridized carbons (Fsp3) is 0.250. The largest absolute Gasteiger partial charge is 0.506 e. The van der Waals surface area contributed by atoms with Crippen LogP contribution in [0.5, 0.6) is 5.75 Å². The van der Waals surface area contributed by atoms with E-state index in [-0.39, 0.29) is 17.2 Å². The van der Waals surface area contributed by atoms with Crippen molar-refractivity contribution < 1.29 is 9.90 Å². The van der Waals surface area contributed by atoms with E-state index < -0.39 is 11.9 Å². The lowest BCUT2D eigenvalue weighted by Crippen LogP contribution is -2.29. The van der Waals surface area contributed by atoms with E-state index in [4.69, 9.17) is 17.3 Å². The minimum Gasteiger partial charge on any atom is -0.506 e. The Balaban J connectivity index is 1.84. The third kappa shape index (κ3) is 5.53. The van der Waals surface area contributed by atoms with Gasteiger partial charge in [0.2, 0.25) is 0 Å². The first-order chi connectivity index (χ1) is 14.4. The summed E-state index contributed by atoms with van der Waals surface area (Å²) in [6.07, 6.45) is 1.23. The summed E-state index contributed by atoms with van der Waals surface area (Å²) in [7, 11) is 0. The number of H-pyrrole nitrogens is 1. The molecule has 0 fully saturated rings. The minimum absolute atomic E-state index is 0.126. The topological polar surface area (TPSA) is 116 Å². The average molecular weight is 558 g/mol. The molecule has 5 N–H and O–H groups in total. The number of rotatable bonds is 8. The Morgan fingerprint density at radius 1 is 1.33 bits per heavy atom. The lowest BCUT2D eigenvalue weighted by molar-refractivity contribution is 0.0929. The first kappa shape index (κ1) is 22.6. The van der Waals surface area contributed by atoms with Crippen LogP contribution in [0.4, 0.5) is 0 Å². The van der Waals surface area contributed by atoms with Gasteiger partial charge < -0.3 is 21.1 Å². The Bertz CT molecular complexity index is 1050. The van der Waals surface area contributed by atoms with Crippen LogP contribution < -0.4 is 11.1 Å². The van der Waals surface area contributed by atoms with Crippen LogP contribution in [-0.2, 0) is 0 Å². The number of phenols is 1. The summed E-state index contributed by atoms with van der Waals surface area (Å²) in [6.45, 7) is 0.485. The number of aromatic nitrogens is 2. The minimum atomic E-state index is -0.413. The first-order valence-corrected chi connectivity index (χ1v) is 11.3. The molecule has 0 aliphatic heterocycles. The van der Waals surface area contributed by atoms with E-state index in [1.807, 2.05) is 24.3 Å². The van der Waals surface area contributed by atoms with Crippen molar-refractivity contribution in [1.29, 1.82) is 0 Å². The molecule has 3 aromatic rings. The Morgan fingerprint density at radius 2 is 2.10 bits per heavy atom. The first-order valence-electron chi connectivity index (χ1n) is 9.17. The molecule has 0 radical (unpaired) electrons. The molecule has 1 aromatic heterocycles. The summed E-state index contributed by atoms with van der Waals surface area (Å²) < 4.78 is 1.09. The van der Waals surface area contributed by atoms with Crippen molar-refractivity contribution in [2.75, 3.05) is 12.4 Å². The highest BCUT2D eigenvalue weighted by atomic mass is 79.9. The van der Waals surface area contributed by atoms with Crippen LogP contribution in [0.25, 0.3) is 11.0 Å². The predicted octanol–water partition coefficient (Wildman–Crippen LogP) is 4.64. The van der Waals surface area contributed by atoms with Gasteiger partial charge in [-0.15, -0.1) is 11.6 Å². The molecule has 0 spiro atoms. The third-order valence-electron chi connectivity index (χ3n) is 4.42. The van der Waals surface area contributed by atoms with Crippen LogP contribution in [0.15, 0.2) is 50.3 Å². The van der Waals surface area contributed by atoms with Crippen LogP contribution in [0.3, 0.4) is 0 Å². The number of carbonyl (C=O) groups is 1. The number of aromatic hydroxyl groups is 1. The van der Waals surface area contributed by atoms with Crippen molar-refractivity contribution >= 4 is 66.2 Å². The number of benzene rings is 2. The van der Waals surface area contributed by atoms with Crippen molar-refractivity contribution in [3.63, 3.8) is 0 Å². The highest BCUT2D eigenvalue weighted by molar-refractivity contribution is 9.11. The van der Waals surface area contributed by atoms with Gasteiger partial charge >= 0.3 is 0 Å². The Kier molecular flexibility index (Phi) is 7.74. The molecule has 30 heavy (non-hydrogen) atoms.